The molecule has 3 aromatic rings. The zero-order valence-electron chi connectivity index (χ0n) is 16.6. The molecule has 0 unspecified atom stereocenters. The number of aromatic hydroxyl groups is 1. The van der Waals surface area contributed by atoms with E-state index >= 15 is 0 Å². The molecule has 1 aliphatic rings. The van der Waals surface area contributed by atoms with Gasteiger partial charge in [-0.25, -0.2) is 0 Å². The highest BCUT2D eigenvalue weighted by Gasteiger charge is 2.31. The lowest BCUT2D eigenvalue weighted by Gasteiger charge is -2.23. The van der Waals surface area contributed by atoms with E-state index in [0.29, 0.717) is 22.9 Å². The van der Waals surface area contributed by atoms with E-state index in [4.69, 9.17) is 0 Å². The van der Waals surface area contributed by atoms with Crippen molar-refractivity contribution < 1.29 is 18.3 Å². The summed E-state index contributed by atoms with van der Waals surface area (Å²) in [5.74, 6) is 0.151. The summed E-state index contributed by atoms with van der Waals surface area (Å²) < 4.78 is 38.8. The third kappa shape index (κ3) is 3.92. The third-order valence-corrected chi connectivity index (χ3v) is 5.68. The third-order valence-electron chi connectivity index (χ3n) is 5.68. The van der Waals surface area contributed by atoms with Crippen LogP contribution >= 0.6 is 0 Å². The average molecular weight is 416 g/mol. The zero-order chi connectivity index (χ0) is 21.3. The summed E-state index contributed by atoms with van der Waals surface area (Å²) in [6.45, 7) is 5.00. The van der Waals surface area contributed by atoms with Crippen molar-refractivity contribution in [2.24, 2.45) is 0 Å². The maximum Gasteiger partial charge on any atom is 0.416 e. The van der Waals surface area contributed by atoms with Crippen molar-refractivity contribution in [3.63, 3.8) is 0 Å². The molecule has 8 heteroatoms. The number of hydrogen-bond acceptors (Lipinski definition) is 5. The summed E-state index contributed by atoms with van der Waals surface area (Å²) in [7, 11) is 0. The van der Waals surface area contributed by atoms with Crippen LogP contribution in [-0.4, -0.2) is 45.9 Å². The fourth-order valence-electron chi connectivity index (χ4n) is 4.10. The molecule has 0 aliphatic carbocycles. The molecule has 30 heavy (non-hydrogen) atoms. The van der Waals surface area contributed by atoms with Crippen LogP contribution in [0.25, 0.3) is 22.0 Å². The number of alkyl halides is 3. The van der Waals surface area contributed by atoms with Crippen molar-refractivity contribution in [1.29, 1.82) is 0 Å². The van der Waals surface area contributed by atoms with E-state index in [1.165, 1.54) is 12.5 Å². The molecule has 2 heterocycles. The van der Waals surface area contributed by atoms with E-state index < -0.39 is 17.5 Å². The Morgan fingerprint density at radius 2 is 1.90 bits per heavy atom. The maximum atomic E-state index is 12.9. The monoisotopic (exact) mass is 416 g/mol. The number of likely N-dealkylation sites (tertiary alicyclic amines) is 1. The van der Waals surface area contributed by atoms with Gasteiger partial charge in [-0.05, 0) is 44.1 Å². The van der Waals surface area contributed by atoms with Crippen LogP contribution in [0.4, 0.5) is 19.0 Å². The molecule has 158 valence electrons. The molecule has 4 rings (SSSR count). The van der Waals surface area contributed by atoms with Crippen molar-refractivity contribution >= 4 is 16.6 Å². The Balaban J connectivity index is 1.68. The minimum absolute atomic E-state index is 0.214. The maximum absolute atomic E-state index is 12.9. The number of nitrogens with one attached hydrogen (secondary N) is 1. The first-order chi connectivity index (χ1) is 14.4. The van der Waals surface area contributed by atoms with Gasteiger partial charge in [0.15, 0.2) is 5.82 Å². The molecular formula is C22H23F3N4O. The molecule has 0 spiro atoms. The Morgan fingerprint density at radius 3 is 2.60 bits per heavy atom. The van der Waals surface area contributed by atoms with Crippen LogP contribution in [0.2, 0.25) is 0 Å². The number of aromatic nitrogens is 2. The van der Waals surface area contributed by atoms with Crippen LogP contribution in [0.5, 0.6) is 5.75 Å². The number of phenols is 1. The molecule has 0 saturated carbocycles. The summed E-state index contributed by atoms with van der Waals surface area (Å²) in [6, 6.07) is 10.8. The second-order valence-corrected chi connectivity index (χ2v) is 7.48. The van der Waals surface area contributed by atoms with Crippen LogP contribution in [0.1, 0.15) is 25.3 Å². The molecule has 5 nitrogen and oxygen atoms in total. The lowest BCUT2D eigenvalue weighted by Crippen LogP contribution is -2.34. The predicted molar refractivity (Wildman–Crippen MR) is 110 cm³/mol. The van der Waals surface area contributed by atoms with E-state index in [2.05, 4.69) is 27.3 Å². The highest BCUT2D eigenvalue weighted by atomic mass is 19.4. The molecule has 0 bridgehead atoms. The van der Waals surface area contributed by atoms with Crippen molar-refractivity contribution in [1.82, 2.24) is 15.1 Å². The Morgan fingerprint density at radius 1 is 1.13 bits per heavy atom. The first-order valence-electron chi connectivity index (χ1n) is 10.0. The summed E-state index contributed by atoms with van der Waals surface area (Å²) in [5.41, 5.74) is -0.346. The van der Waals surface area contributed by atoms with Gasteiger partial charge in [-0.15, -0.1) is 10.2 Å². The van der Waals surface area contributed by atoms with Crippen molar-refractivity contribution in [3.8, 4) is 17.0 Å². The molecule has 2 N–H and O–H groups in total. The minimum atomic E-state index is -4.52. The lowest BCUT2D eigenvalue weighted by molar-refractivity contribution is -0.137. The molecular weight excluding hydrogens is 393 g/mol. The number of halogens is 3. The van der Waals surface area contributed by atoms with Gasteiger partial charge < -0.3 is 10.4 Å². The Bertz CT molecular complexity index is 1050. The normalized spacial score (nSPS) is 17.5. The van der Waals surface area contributed by atoms with Gasteiger partial charge in [-0.2, -0.15) is 13.2 Å². The van der Waals surface area contributed by atoms with E-state index in [9.17, 15) is 18.3 Å². The topological polar surface area (TPSA) is 61.3 Å². The Hall–Kier alpha value is -2.87. The van der Waals surface area contributed by atoms with Crippen LogP contribution in [0.3, 0.4) is 0 Å². The molecule has 1 aliphatic heterocycles. The number of anilines is 1. The molecule has 1 fully saturated rings. The van der Waals surface area contributed by atoms with Gasteiger partial charge in [0.05, 0.1) is 5.56 Å². The van der Waals surface area contributed by atoms with E-state index in [0.717, 1.165) is 43.6 Å². The number of nitrogens with zero attached hydrogens (tertiary/aromatic N) is 3. The number of benzene rings is 2. The van der Waals surface area contributed by atoms with Crippen LogP contribution < -0.4 is 5.32 Å². The Labute approximate surface area is 172 Å². The molecule has 1 aromatic heterocycles. The van der Waals surface area contributed by atoms with Gasteiger partial charge in [0, 0.05) is 28.9 Å². The number of hydrogen-bond donors (Lipinski definition) is 2. The summed E-state index contributed by atoms with van der Waals surface area (Å²) in [5, 5.41) is 23.7. The largest absolute Gasteiger partial charge is 0.507 e. The van der Waals surface area contributed by atoms with Gasteiger partial charge in [-0.1, -0.05) is 31.2 Å². The van der Waals surface area contributed by atoms with Gasteiger partial charge in [0.2, 0.25) is 0 Å². The number of rotatable bonds is 5. The summed E-state index contributed by atoms with van der Waals surface area (Å²) in [6.07, 6.45) is -2.22. The fraction of sp³-hybridized carbons (Fsp3) is 0.364. The molecule has 1 atom stereocenters. The average Bonchev–Trinajstić information content (AvgIpc) is 3.19. The first kappa shape index (κ1) is 20.4. The van der Waals surface area contributed by atoms with E-state index in [1.54, 1.807) is 0 Å². The van der Waals surface area contributed by atoms with Crippen LogP contribution in [0.15, 0.2) is 42.5 Å². The standard InChI is InChI=1S/C22H23F3N4O/c1-2-29-11-5-6-15(29)13-26-21-17-8-4-3-7-16(17)20(27-28-21)18-10-9-14(12-19(18)30)22(23,24)25/h3-4,7-10,12,15,30H,2,5-6,11,13H2,1H3,(H,26,28)/t15-/m1/s1. The summed E-state index contributed by atoms with van der Waals surface area (Å²) in [4.78, 5) is 2.43. The number of likely N-dealkylation sites (N-methyl/N-ethyl adjacent to an activating group) is 1. The smallest absolute Gasteiger partial charge is 0.416 e. The second-order valence-electron chi connectivity index (χ2n) is 7.48. The highest BCUT2D eigenvalue weighted by Crippen LogP contribution is 2.38. The van der Waals surface area contributed by atoms with Gasteiger partial charge >= 0.3 is 6.18 Å². The molecule has 2 aromatic carbocycles. The van der Waals surface area contributed by atoms with Crippen molar-refractivity contribution in [2.45, 2.75) is 32.0 Å². The Kier molecular flexibility index (Phi) is 5.51. The van der Waals surface area contributed by atoms with E-state index in [1.807, 2.05) is 24.3 Å². The molecule has 0 amide bonds. The minimum Gasteiger partial charge on any atom is -0.507 e. The summed E-state index contributed by atoms with van der Waals surface area (Å²) >= 11 is 0. The fourth-order valence-corrected chi connectivity index (χ4v) is 4.10. The lowest BCUT2D eigenvalue weighted by atomic mass is 10.0. The quantitative estimate of drug-likeness (QED) is 0.618. The van der Waals surface area contributed by atoms with Crippen molar-refractivity contribution in [3.05, 3.63) is 48.0 Å². The van der Waals surface area contributed by atoms with Gasteiger partial charge in [-0.3, -0.25) is 4.90 Å². The van der Waals surface area contributed by atoms with Gasteiger partial charge in [0.25, 0.3) is 0 Å². The second kappa shape index (κ2) is 8.10. The SMILES string of the molecule is CCN1CCC[C@@H]1CNc1nnc(-c2ccc(C(F)(F)F)cc2O)c2ccccc12. The van der Waals surface area contributed by atoms with E-state index in [-0.39, 0.29) is 5.56 Å². The zero-order valence-corrected chi connectivity index (χ0v) is 16.6. The predicted octanol–water partition coefficient (Wildman–Crippen LogP) is 4.92. The highest BCUT2D eigenvalue weighted by molar-refractivity contribution is 6.00. The number of fused-ring (bicyclic) bond motifs is 1. The molecule has 1 saturated heterocycles. The van der Waals surface area contributed by atoms with Gasteiger partial charge in [0.1, 0.15) is 11.4 Å². The number of phenolic OH excluding ortho intramolecular Hbond substituents is 1. The van der Waals surface area contributed by atoms with Crippen molar-refractivity contribution in [2.75, 3.05) is 25.0 Å². The van der Waals surface area contributed by atoms with Crippen LogP contribution in [-0.2, 0) is 6.18 Å². The molecule has 0 radical (unpaired) electrons. The first-order valence-corrected chi connectivity index (χ1v) is 10.0. The van der Waals surface area contributed by atoms with Crippen LogP contribution in [0, 0.1) is 0 Å².